The minimum absolute atomic E-state index is 0.247. The lowest BCUT2D eigenvalue weighted by Gasteiger charge is -2.03. The Morgan fingerprint density at radius 3 is 2.82 bits per heavy atom. The summed E-state index contributed by atoms with van der Waals surface area (Å²) >= 11 is 3.25. The zero-order chi connectivity index (χ0) is 12.3. The van der Waals surface area contributed by atoms with Gasteiger partial charge in [-0.15, -0.1) is 0 Å². The summed E-state index contributed by atoms with van der Waals surface area (Å²) in [6.45, 7) is 2.94. The highest BCUT2D eigenvalue weighted by Gasteiger charge is 2.02. The topological polar surface area (TPSA) is 38.1 Å². The van der Waals surface area contributed by atoms with E-state index >= 15 is 0 Å². The van der Waals surface area contributed by atoms with Gasteiger partial charge in [0.05, 0.1) is 12.7 Å². The maximum Gasteiger partial charge on any atom is 0.208 e. The van der Waals surface area contributed by atoms with Gasteiger partial charge in [0.2, 0.25) is 5.89 Å². The van der Waals surface area contributed by atoms with Crippen molar-refractivity contribution in [3.05, 3.63) is 51.9 Å². The van der Waals surface area contributed by atoms with E-state index in [1.54, 1.807) is 6.20 Å². The Labute approximate surface area is 107 Å². The molecular formula is C12H12BrFN2O. The first-order valence-corrected chi connectivity index (χ1v) is 6.00. The van der Waals surface area contributed by atoms with Gasteiger partial charge in [0.1, 0.15) is 11.6 Å². The summed E-state index contributed by atoms with van der Waals surface area (Å²) in [7, 11) is 0. The second kappa shape index (κ2) is 5.42. The molecule has 0 fully saturated rings. The third-order valence-electron chi connectivity index (χ3n) is 2.20. The van der Waals surface area contributed by atoms with Crippen LogP contribution in [0.1, 0.15) is 17.2 Å². The van der Waals surface area contributed by atoms with Crippen molar-refractivity contribution >= 4 is 15.9 Å². The first-order valence-electron chi connectivity index (χ1n) is 5.20. The van der Waals surface area contributed by atoms with Crippen molar-refractivity contribution in [3.63, 3.8) is 0 Å². The van der Waals surface area contributed by atoms with Gasteiger partial charge in [-0.3, -0.25) is 0 Å². The summed E-state index contributed by atoms with van der Waals surface area (Å²) in [5.41, 5.74) is 0.875. The van der Waals surface area contributed by atoms with Gasteiger partial charge >= 0.3 is 0 Å². The number of oxazole rings is 1. The van der Waals surface area contributed by atoms with Crippen LogP contribution in [0.3, 0.4) is 0 Å². The fourth-order valence-electron chi connectivity index (χ4n) is 1.51. The maximum absolute atomic E-state index is 13.1. The highest BCUT2D eigenvalue weighted by molar-refractivity contribution is 9.10. The van der Waals surface area contributed by atoms with Crippen LogP contribution < -0.4 is 5.32 Å². The van der Waals surface area contributed by atoms with Gasteiger partial charge in [0.25, 0.3) is 0 Å². The minimum atomic E-state index is -0.247. The highest BCUT2D eigenvalue weighted by atomic mass is 79.9. The van der Waals surface area contributed by atoms with E-state index in [4.69, 9.17) is 4.42 Å². The zero-order valence-electron chi connectivity index (χ0n) is 9.34. The summed E-state index contributed by atoms with van der Waals surface area (Å²) in [5, 5.41) is 3.14. The summed E-state index contributed by atoms with van der Waals surface area (Å²) < 4.78 is 19.1. The molecule has 5 heteroatoms. The lowest BCUT2D eigenvalue weighted by atomic mass is 10.2. The Hall–Kier alpha value is -1.20. The molecule has 0 saturated carbocycles. The number of hydrogen-bond acceptors (Lipinski definition) is 3. The van der Waals surface area contributed by atoms with Crippen LogP contribution in [0.2, 0.25) is 0 Å². The van der Waals surface area contributed by atoms with Crippen molar-refractivity contribution < 1.29 is 8.81 Å². The fourth-order valence-corrected chi connectivity index (χ4v) is 2.02. The summed E-state index contributed by atoms with van der Waals surface area (Å²) in [6, 6.07) is 4.80. The standard InChI is InChI=1S/C12H12BrFN2O/c1-8-5-16-12(17-8)7-15-6-9-2-10(13)4-11(14)3-9/h2-5,15H,6-7H2,1H3. The number of nitrogens with one attached hydrogen (secondary N) is 1. The Morgan fingerprint density at radius 2 is 2.18 bits per heavy atom. The molecule has 0 saturated heterocycles. The van der Waals surface area contributed by atoms with Gasteiger partial charge in [-0.25, -0.2) is 9.37 Å². The summed E-state index contributed by atoms with van der Waals surface area (Å²) in [5.74, 6) is 1.18. The average Bonchev–Trinajstić information content (AvgIpc) is 2.63. The van der Waals surface area contributed by atoms with Gasteiger partial charge in [-0.2, -0.15) is 0 Å². The number of benzene rings is 1. The normalized spacial score (nSPS) is 10.8. The minimum Gasteiger partial charge on any atom is -0.445 e. The molecule has 17 heavy (non-hydrogen) atoms. The van der Waals surface area contributed by atoms with Crippen molar-refractivity contribution in [1.82, 2.24) is 10.3 Å². The van der Waals surface area contributed by atoms with E-state index in [2.05, 4.69) is 26.2 Å². The third kappa shape index (κ3) is 3.64. The van der Waals surface area contributed by atoms with E-state index in [-0.39, 0.29) is 5.82 Å². The van der Waals surface area contributed by atoms with Crippen LogP contribution in [0.5, 0.6) is 0 Å². The van der Waals surface area contributed by atoms with E-state index in [9.17, 15) is 4.39 Å². The molecule has 1 aromatic heterocycles. The molecule has 1 aromatic carbocycles. The molecule has 0 aliphatic heterocycles. The molecule has 3 nitrogen and oxygen atoms in total. The molecule has 0 unspecified atom stereocenters. The van der Waals surface area contributed by atoms with Gasteiger partial charge < -0.3 is 9.73 Å². The molecule has 0 aliphatic carbocycles. The van der Waals surface area contributed by atoms with Crippen LogP contribution >= 0.6 is 15.9 Å². The van der Waals surface area contributed by atoms with Crippen LogP contribution in [0.25, 0.3) is 0 Å². The maximum atomic E-state index is 13.1. The molecule has 2 aromatic rings. The van der Waals surface area contributed by atoms with Gasteiger partial charge in [-0.05, 0) is 30.7 Å². The van der Waals surface area contributed by atoms with E-state index in [1.807, 2.05) is 13.0 Å². The molecule has 0 spiro atoms. The Bertz CT molecular complexity index is 493. The van der Waals surface area contributed by atoms with Crippen molar-refractivity contribution in [2.45, 2.75) is 20.0 Å². The smallest absolute Gasteiger partial charge is 0.208 e. The van der Waals surface area contributed by atoms with Crippen LogP contribution in [-0.2, 0) is 13.1 Å². The first-order chi connectivity index (χ1) is 8.13. The predicted molar refractivity (Wildman–Crippen MR) is 65.9 cm³/mol. The van der Waals surface area contributed by atoms with Crippen LogP contribution in [0, 0.1) is 12.7 Å². The quantitative estimate of drug-likeness (QED) is 0.942. The molecule has 90 valence electrons. The molecule has 1 N–H and O–H groups in total. The molecule has 0 bridgehead atoms. The van der Waals surface area contributed by atoms with Gasteiger partial charge in [0.15, 0.2) is 0 Å². The van der Waals surface area contributed by atoms with Crippen LogP contribution in [0.15, 0.2) is 33.3 Å². The summed E-state index contributed by atoms with van der Waals surface area (Å²) in [4.78, 5) is 4.07. The van der Waals surface area contributed by atoms with Crippen molar-refractivity contribution in [2.75, 3.05) is 0 Å². The number of aryl methyl sites for hydroxylation is 1. The number of rotatable bonds is 4. The van der Waals surface area contributed by atoms with E-state index < -0.39 is 0 Å². The molecule has 0 amide bonds. The van der Waals surface area contributed by atoms with Crippen molar-refractivity contribution in [1.29, 1.82) is 0 Å². The van der Waals surface area contributed by atoms with Crippen molar-refractivity contribution in [3.8, 4) is 0 Å². The second-order valence-electron chi connectivity index (χ2n) is 3.75. The van der Waals surface area contributed by atoms with E-state index in [0.29, 0.717) is 19.0 Å². The van der Waals surface area contributed by atoms with Gasteiger partial charge in [0, 0.05) is 11.0 Å². The zero-order valence-corrected chi connectivity index (χ0v) is 10.9. The van der Waals surface area contributed by atoms with E-state index in [0.717, 1.165) is 15.8 Å². The monoisotopic (exact) mass is 298 g/mol. The lowest BCUT2D eigenvalue weighted by molar-refractivity contribution is 0.449. The number of nitrogens with zero attached hydrogens (tertiary/aromatic N) is 1. The molecule has 0 atom stereocenters. The number of halogens is 2. The van der Waals surface area contributed by atoms with Crippen molar-refractivity contribution in [2.24, 2.45) is 0 Å². The Morgan fingerprint density at radius 1 is 1.35 bits per heavy atom. The third-order valence-corrected chi connectivity index (χ3v) is 2.65. The molecule has 0 aliphatic rings. The second-order valence-corrected chi connectivity index (χ2v) is 4.66. The average molecular weight is 299 g/mol. The fraction of sp³-hybridized carbons (Fsp3) is 0.250. The molecule has 2 rings (SSSR count). The largest absolute Gasteiger partial charge is 0.445 e. The SMILES string of the molecule is Cc1cnc(CNCc2cc(F)cc(Br)c2)o1. The molecule has 0 radical (unpaired) electrons. The van der Waals surface area contributed by atoms with E-state index in [1.165, 1.54) is 12.1 Å². The van der Waals surface area contributed by atoms with Crippen LogP contribution in [-0.4, -0.2) is 4.98 Å². The van der Waals surface area contributed by atoms with Gasteiger partial charge in [-0.1, -0.05) is 15.9 Å². The summed E-state index contributed by atoms with van der Waals surface area (Å²) in [6.07, 6.45) is 1.68. The molecular weight excluding hydrogens is 287 g/mol. The first kappa shape index (κ1) is 12.3. The highest BCUT2D eigenvalue weighted by Crippen LogP contribution is 2.14. The lowest BCUT2D eigenvalue weighted by Crippen LogP contribution is -2.13. The predicted octanol–water partition coefficient (Wildman–Crippen LogP) is 3.17. The number of hydrogen-bond donors (Lipinski definition) is 1. The molecule has 1 heterocycles. The number of aromatic nitrogens is 1. The van der Waals surface area contributed by atoms with Crippen LogP contribution in [0.4, 0.5) is 4.39 Å². The Balaban J connectivity index is 1.89. The Kier molecular flexibility index (Phi) is 3.91.